The number of aromatic nitrogens is 3. The van der Waals surface area contributed by atoms with Crippen molar-refractivity contribution in [2.45, 2.75) is 38.0 Å². The van der Waals surface area contributed by atoms with E-state index in [1.54, 1.807) is 6.20 Å². The van der Waals surface area contributed by atoms with E-state index in [9.17, 15) is 13.6 Å². The normalized spacial score (nSPS) is 19.5. The zero-order valence-electron chi connectivity index (χ0n) is 19.9. The molecule has 190 valence electrons. The van der Waals surface area contributed by atoms with E-state index in [1.807, 2.05) is 45.8 Å². The molecule has 6 rings (SSSR count). The number of piperazine rings is 1. The second-order valence-corrected chi connectivity index (χ2v) is 9.99. The third-order valence-corrected chi connectivity index (χ3v) is 7.52. The second kappa shape index (κ2) is 9.72. The molecule has 2 aromatic carbocycles. The van der Waals surface area contributed by atoms with Crippen LogP contribution in [-0.2, 0) is 13.1 Å². The Labute approximate surface area is 217 Å². The first-order valence-electron chi connectivity index (χ1n) is 12.3. The van der Waals surface area contributed by atoms with Crippen LogP contribution in [0.25, 0.3) is 17.0 Å². The molecule has 4 aromatic rings. The van der Waals surface area contributed by atoms with Gasteiger partial charge in [-0.2, -0.15) is 0 Å². The third kappa shape index (κ3) is 4.53. The van der Waals surface area contributed by atoms with Crippen molar-refractivity contribution < 1.29 is 13.6 Å². The number of halogens is 3. The summed E-state index contributed by atoms with van der Waals surface area (Å²) in [5.74, 6) is -0.692. The lowest BCUT2D eigenvalue weighted by atomic mass is 10.1. The molecule has 2 aromatic heterocycles. The first kappa shape index (κ1) is 23.8. The lowest BCUT2D eigenvalue weighted by molar-refractivity contribution is 0.0831. The molecule has 0 aliphatic carbocycles. The van der Waals surface area contributed by atoms with Crippen LogP contribution in [-0.4, -0.2) is 55.4 Å². The molecule has 1 N–H and O–H groups in total. The van der Waals surface area contributed by atoms with Crippen molar-refractivity contribution in [2.75, 3.05) is 13.1 Å². The van der Waals surface area contributed by atoms with Gasteiger partial charge in [0.05, 0.1) is 17.9 Å². The van der Waals surface area contributed by atoms with Gasteiger partial charge in [-0.05, 0) is 43.2 Å². The number of likely N-dealkylation sites (tertiary alicyclic amines) is 1. The Morgan fingerprint density at radius 2 is 1.73 bits per heavy atom. The molecule has 10 heteroatoms. The fourth-order valence-corrected chi connectivity index (χ4v) is 5.67. The summed E-state index contributed by atoms with van der Waals surface area (Å²) in [7, 11) is 0. The molecule has 0 saturated carbocycles. The number of urea groups is 1. The van der Waals surface area contributed by atoms with Crippen LogP contribution in [0, 0.1) is 11.6 Å². The van der Waals surface area contributed by atoms with Crippen LogP contribution in [0.15, 0.2) is 60.9 Å². The van der Waals surface area contributed by atoms with Gasteiger partial charge >= 0.3 is 6.03 Å². The average molecular weight is 523 g/mol. The zero-order chi connectivity index (χ0) is 25.5. The standard InChI is InChI=1S/C27H25ClF2N6O/c28-18-7-5-17(6-8-18)25-24(35-12-2-11-31-26(35)33-25)16-34-14-19-9-10-20(15-34)36(19)27(37)32-13-21-22(29)3-1-4-23(21)30/h1-8,11-12,19-20H,9-10,13-16H2,(H,32,37). The number of nitrogens with zero attached hydrogens (tertiary/aromatic N) is 5. The predicted molar refractivity (Wildman–Crippen MR) is 136 cm³/mol. The first-order chi connectivity index (χ1) is 18.0. The number of amides is 2. The predicted octanol–water partition coefficient (Wildman–Crippen LogP) is 4.89. The summed E-state index contributed by atoms with van der Waals surface area (Å²) in [6.45, 7) is 1.86. The maximum atomic E-state index is 14.0. The van der Waals surface area contributed by atoms with Crippen LogP contribution in [0.2, 0.25) is 5.02 Å². The molecule has 7 nitrogen and oxygen atoms in total. The van der Waals surface area contributed by atoms with Gasteiger partial charge in [-0.1, -0.05) is 29.8 Å². The molecule has 2 amide bonds. The van der Waals surface area contributed by atoms with E-state index in [0.29, 0.717) is 30.4 Å². The molecule has 0 spiro atoms. The number of hydrogen-bond acceptors (Lipinski definition) is 4. The Balaban J connectivity index is 1.19. The molecular weight excluding hydrogens is 498 g/mol. The number of benzene rings is 2. The highest BCUT2D eigenvalue weighted by Gasteiger charge is 2.42. The van der Waals surface area contributed by atoms with Gasteiger partial charge in [0.25, 0.3) is 0 Å². The minimum Gasteiger partial charge on any atom is -0.334 e. The highest BCUT2D eigenvalue weighted by atomic mass is 35.5. The molecule has 2 saturated heterocycles. The SMILES string of the molecule is O=C(NCc1c(F)cccc1F)N1C2CCC1CN(Cc1c(-c3ccc(Cl)cc3)nc3ncccn13)C2. The Bertz CT molecular complexity index is 1430. The van der Waals surface area contributed by atoms with Crippen LogP contribution >= 0.6 is 11.6 Å². The maximum absolute atomic E-state index is 14.0. The number of rotatable bonds is 5. The monoisotopic (exact) mass is 522 g/mol. The Morgan fingerprint density at radius 1 is 1.03 bits per heavy atom. The molecule has 2 bridgehead atoms. The topological polar surface area (TPSA) is 65.8 Å². The number of carbonyl (C=O) groups is 1. The van der Waals surface area contributed by atoms with Crippen LogP contribution in [0.1, 0.15) is 24.1 Å². The van der Waals surface area contributed by atoms with Gasteiger partial charge in [0, 0.05) is 60.3 Å². The molecule has 2 aliphatic heterocycles. The Hall–Kier alpha value is -3.56. The minimum atomic E-state index is -0.660. The summed E-state index contributed by atoms with van der Waals surface area (Å²) in [6.07, 6.45) is 5.47. The highest BCUT2D eigenvalue weighted by Crippen LogP contribution is 2.33. The summed E-state index contributed by atoms with van der Waals surface area (Å²) in [5, 5.41) is 3.39. The van der Waals surface area contributed by atoms with Crippen LogP contribution in [0.3, 0.4) is 0 Å². The van der Waals surface area contributed by atoms with E-state index in [0.717, 1.165) is 29.8 Å². The zero-order valence-corrected chi connectivity index (χ0v) is 20.7. The van der Waals surface area contributed by atoms with E-state index in [1.165, 1.54) is 18.2 Å². The molecule has 37 heavy (non-hydrogen) atoms. The quantitative estimate of drug-likeness (QED) is 0.405. The van der Waals surface area contributed by atoms with Gasteiger partial charge in [-0.15, -0.1) is 0 Å². The fourth-order valence-electron chi connectivity index (χ4n) is 5.54. The smallest absolute Gasteiger partial charge is 0.318 e. The van der Waals surface area contributed by atoms with Gasteiger partial charge in [0.2, 0.25) is 5.78 Å². The first-order valence-corrected chi connectivity index (χ1v) is 12.6. The van der Waals surface area contributed by atoms with Crippen molar-refractivity contribution in [3.05, 3.63) is 88.8 Å². The summed E-state index contributed by atoms with van der Waals surface area (Å²) >= 11 is 6.10. The molecule has 2 unspecified atom stereocenters. The average Bonchev–Trinajstić information content (AvgIpc) is 3.38. The highest BCUT2D eigenvalue weighted by molar-refractivity contribution is 6.30. The Kier molecular flexibility index (Phi) is 6.26. The lowest BCUT2D eigenvalue weighted by Crippen LogP contribution is -2.57. The number of hydrogen-bond donors (Lipinski definition) is 1. The molecule has 2 aliphatic rings. The minimum absolute atomic E-state index is 0.0282. The summed E-state index contributed by atoms with van der Waals surface area (Å²) in [5.41, 5.74) is 2.72. The second-order valence-electron chi connectivity index (χ2n) is 9.55. The van der Waals surface area contributed by atoms with Gasteiger partial charge in [0.1, 0.15) is 11.6 Å². The van der Waals surface area contributed by atoms with E-state index >= 15 is 0 Å². The van der Waals surface area contributed by atoms with Crippen molar-refractivity contribution in [3.63, 3.8) is 0 Å². The fraction of sp³-hybridized carbons (Fsp3) is 0.296. The van der Waals surface area contributed by atoms with Crippen LogP contribution < -0.4 is 5.32 Å². The van der Waals surface area contributed by atoms with Crippen molar-refractivity contribution >= 4 is 23.4 Å². The molecule has 0 radical (unpaired) electrons. The van der Waals surface area contributed by atoms with E-state index in [-0.39, 0.29) is 30.2 Å². The summed E-state index contributed by atoms with van der Waals surface area (Å²) < 4.78 is 30.0. The molecule has 2 fully saturated rings. The van der Waals surface area contributed by atoms with Crippen molar-refractivity contribution in [2.24, 2.45) is 0 Å². The van der Waals surface area contributed by atoms with Gasteiger partial charge in [-0.3, -0.25) is 9.30 Å². The summed E-state index contributed by atoms with van der Waals surface area (Å²) in [6, 6.07) is 13.0. The molecular formula is C27H25ClF2N6O. The van der Waals surface area contributed by atoms with E-state index < -0.39 is 11.6 Å². The van der Waals surface area contributed by atoms with Crippen LogP contribution in [0.5, 0.6) is 0 Å². The van der Waals surface area contributed by atoms with Gasteiger partial charge in [-0.25, -0.2) is 23.5 Å². The number of fused-ring (bicyclic) bond motifs is 3. The van der Waals surface area contributed by atoms with Crippen molar-refractivity contribution in [3.8, 4) is 11.3 Å². The molecule has 4 heterocycles. The number of imidazole rings is 1. The van der Waals surface area contributed by atoms with Crippen LogP contribution in [0.4, 0.5) is 13.6 Å². The number of nitrogens with one attached hydrogen (secondary N) is 1. The Morgan fingerprint density at radius 3 is 2.43 bits per heavy atom. The van der Waals surface area contributed by atoms with Crippen molar-refractivity contribution in [1.29, 1.82) is 0 Å². The maximum Gasteiger partial charge on any atom is 0.318 e. The van der Waals surface area contributed by atoms with Gasteiger partial charge in [0.15, 0.2) is 0 Å². The molecule has 2 atom stereocenters. The summed E-state index contributed by atoms with van der Waals surface area (Å²) in [4.78, 5) is 26.5. The van der Waals surface area contributed by atoms with E-state index in [4.69, 9.17) is 16.6 Å². The van der Waals surface area contributed by atoms with Gasteiger partial charge < -0.3 is 10.2 Å². The number of carbonyl (C=O) groups excluding carboxylic acids is 1. The lowest BCUT2D eigenvalue weighted by Gasteiger charge is -2.41. The largest absolute Gasteiger partial charge is 0.334 e. The van der Waals surface area contributed by atoms with E-state index in [2.05, 4.69) is 15.2 Å². The third-order valence-electron chi connectivity index (χ3n) is 7.26. The van der Waals surface area contributed by atoms with Crippen molar-refractivity contribution in [1.82, 2.24) is 29.5 Å².